The Labute approximate surface area is 267 Å². The van der Waals surface area contributed by atoms with Crippen molar-refractivity contribution < 1.29 is 19.1 Å². The summed E-state index contributed by atoms with van der Waals surface area (Å²) in [5, 5.41) is 5.62. The molecule has 0 radical (unpaired) electrons. The number of thioether (sulfide) groups is 1. The molecule has 5 aromatic rings. The number of para-hydroxylation sites is 1. The molecule has 2 N–H and O–H groups in total. The number of ketones is 1. The van der Waals surface area contributed by atoms with Crippen LogP contribution in [0.2, 0.25) is 0 Å². The van der Waals surface area contributed by atoms with Crippen LogP contribution in [0.1, 0.15) is 33.2 Å². The molecule has 5 rings (SSSR count). The van der Waals surface area contributed by atoms with Gasteiger partial charge in [0.05, 0.1) is 12.4 Å². The summed E-state index contributed by atoms with van der Waals surface area (Å²) in [5.41, 5.74) is 4.53. The third-order valence-electron chi connectivity index (χ3n) is 6.84. The molecule has 0 spiro atoms. The lowest BCUT2D eigenvalue weighted by molar-refractivity contribution is -0.113. The van der Waals surface area contributed by atoms with E-state index < -0.39 is 11.8 Å². The maximum Gasteiger partial charge on any atom is 0.272 e. The first-order valence-corrected chi connectivity index (χ1v) is 15.5. The number of nitrogens with one attached hydrogen (secondary N) is 2. The number of rotatable bonds is 12. The van der Waals surface area contributed by atoms with Crippen LogP contribution >= 0.6 is 11.8 Å². The minimum atomic E-state index is -0.486. The molecule has 0 aromatic heterocycles. The van der Waals surface area contributed by atoms with Gasteiger partial charge in [0.2, 0.25) is 0 Å². The molecule has 5 aromatic carbocycles. The summed E-state index contributed by atoms with van der Waals surface area (Å²) in [6, 6.07) is 40.9. The zero-order valence-corrected chi connectivity index (χ0v) is 25.6. The molecule has 0 heterocycles. The van der Waals surface area contributed by atoms with Crippen molar-refractivity contribution in [2.24, 2.45) is 0 Å². The van der Waals surface area contributed by atoms with Crippen molar-refractivity contribution in [1.82, 2.24) is 5.32 Å². The van der Waals surface area contributed by atoms with E-state index >= 15 is 0 Å². The molecule has 0 aliphatic carbocycles. The van der Waals surface area contributed by atoms with Crippen LogP contribution in [0.25, 0.3) is 17.2 Å². The van der Waals surface area contributed by atoms with Gasteiger partial charge in [0.25, 0.3) is 11.8 Å². The van der Waals surface area contributed by atoms with E-state index in [1.165, 1.54) is 11.8 Å². The first-order chi connectivity index (χ1) is 22.0. The normalized spacial score (nSPS) is 11.0. The van der Waals surface area contributed by atoms with Gasteiger partial charge in [-0.2, -0.15) is 0 Å². The van der Waals surface area contributed by atoms with Gasteiger partial charge in [0.1, 0.15) is 11.4 Å². The quantitative estimate of drug-likeness (QED) is 0.0844. The Hall–Kier alpha value is -5.40. The van der Waals surface area contributed by atoms with Crippen LogP contribution < -0.4 is 15.4 Å². The van der Waals surface area contributed by atoms with Crippen LogP contribution in [-0.4, -0.2) is 30.0 Å². The Bertz CT molecular complexity index is 1790. The second kappa shape index (κ2) is 15.4. The molecule has 0 aliphatic heterocycles. The van der Waals surface area contributed by atoms with Crippen molar-refractivity contribution in [3.05, 3.63) is 156 Å². The molecule has 0 atom stereocenters. The van der Waals surface area contributed by atoms with Gasteiger partial charge in [-0.3, -0.25) is 14.4 Å². The van der Waals surface area contributed by atoms with E-state index in [9.17, 15) is 14.4 Å². The number of amides is 2. The van der Waals surface area contributed by atoms with Crippen molar-refractivity contribution in [1.29, 1.82) is 0 Å². The van der Waals surface area contributed by atoms with Crippen molar-refractivity contribution in [2.75, 3.05) is 17.7 Å². The predicted molar refractivity (Wildman–Crippen MR) is 182 cm³/mol. The number of carbonyl (C=O) groups is 3. The summed E-state index contributed by atoms with van der Waals surface area (Å²) in [6.45, 7) is 2.34. The highest BCUT2D eigenvalue weighted by Crippen LogP contribution is 2.25. The average molecular weight is 613 g/mol. The lowest BCUT2D eigenvalue weighted by Crippen LogP contribution is -2.30. The van der Waals surface area contributed by atoms with Gasteiger partial charge >= 0.3 is 0 Å². The fourth-order valence-electron chi connectivity index (χ4n) is 4.53. The van der Waals surface area contributed by atoms with Gasteiger partial charge in [-0.05, 0) is 66.6 Å². The van der Waals surface area contributed by atoms with Crippen LogP contribution in [0.3, 0.4) is 0 Å². The lowest BCUT2D eigenvalue weighted by Gasteiger charge is -2.13. The van der Waals surface area contributed by atoms with Crippen LogP contribution in [0.15, 0.2) is 144 Å². The average Bonchev–Trinajstić information content (AvgIpc) is 3.09. The van der Waals surface area contributed by atoms with E-state index in [0.717, 1.165) is 16.0 Å². The van der Waals surface area contributed by atoms with Crippen molar-refractivity contribution in [3.8, 4) is 16.9 Å². The molecule has 6 nitrogen and oxygen atoms in total. The standard InChI is InChI=1S/C38H32N2O4S/c1-2-44-36-16-10-9-15-31(36)25-34(40-37(42)30-13-7-4-8-14-30)38(43)39-32-21-23-33(24-22-32)45-26-35(41)29-19-17-28(18-20-29)27-11-5-3-6-12-27/h3-25H,2,26H2,1H3,(H,39,43)(H,40,42)/b34-25-. The Balaban J connectivity index is 1.24. The molecule has 0 saturated heterocycles. The fourth-order valence-corrected chi connectivity index (χ4v) is 5.32. The van der Waals surface area contributed by atoms with Crippen molar-refractivity contribution >= 4 is 41.1 Å². The van der Waals surface area contributed by atoms with Crippen molar-refractivity contribution in [3.63, 3.8) is 0 Å². The summed E-state index contributed by atoms with van der Waals surface area (Å²) in [7, 11) is 0. The van der Waals surface area contributed by atoms with Crippen LogP contribution in [0.5, 0.6) is 5.75 Å². The smallest absolute Gasteiger partial charge is 0.272 e. The Morgan fingerprint density at radius 1 is 0.689 bits per heavy atom. The molecule has 7 heteroatoms. The summed E-state index contributed by atoms with van der Waals surface area (Å²) >= 11 is 1.43. The lowest BCUT2D eigenvalue weighted by atomic mass is 10.0. The number of hydrogen-bond acceptors (Lipinski definition) is 5. The molecule has 2 amide bonds. The van der Waals surface area contributed by atoms with E-state index in [0.29, 0.717) is 34.7 Å². The molecule has 0 unspecified atom stereocenters. The van der Waals surface area contributed by atoms with Gasteiger partial charge in [-0.1, -0.05) is 91.0 Å². The van der Waals surface area contributed by atoms with E-state index in [2.05, 4.69) is 10.6 Å². The first-order valence-electron chi connectivity index (χ1n) is 14.5. The minimum absolute atomic E-state index is 0.0354. The molecule has 0 aliphatic rings. The highest BCUT2D eigenvalue weighted by atomic mass is 32.2. The maximum atomic E-state index is 13.4. The number of ether oxygens (including phenoxy) is 1. The van der Waals surface area contributed by atoms with Gasteiger partial charge < -0.3 is 15.4 Å². The predicted octanol–water partition coefficient (Wildman–Crippen LogP) is 8.14. The van der Waals surface area contributed by atoms with Gasteiger partial charge in [0.15, 0.2) is 5.78 Å². The second-order valence-electron chi connectivity index (χ2n) is 9.98. The zero-order chi connectivity index (χ0) is 31.4. The van der Waals surface area contributed by atoms with Crippen molar-refractivity contribution in [2.45, 2.75) is 11.8 Å². The first kappa shape index (κ1) is 31.0. The Morgan fingerprint density at radius 3 is 2.00 bits per heavy atom. The monoisotopic (exact) mass is 612 g/mol. The Kier molecular flexibility index (Phi) is 10.6. The summed E-state index contributed by atoms with van der Waals surface area (Å²) in [5.74, 6) is 0.0290. The van der Waals surface area contributed by atoms with E-state index in [4.69, 9.17) is 4.74 Å². The zero-order valence-electron chi connectivity index (χ0n) is 24.7. The third kappa shape index (κ3) is 8.59. The van der Waals surface area contributed by atoms with Gasteiger partial charge in [0, 0.05) is 27.3 Å². The van der Waals surface area contributed by atoms with E-state index in [1.54, 1.807) is 42.5 Å². The van der Waals surface area contributed by atoms with E-state index in [1.807, 2.05) is 104 Å². The molecule has 224 valence electrons. The van der Waals surface area contributed by atoms with Gasteiger partial charge in [-0.15, -0.1) is 11.8 Å². The van der Waals surface area contributed by atoms with Crippen LogP contribution in [0.4, 0.5) is 5.69 Å². The third-order valence-corrected chi connectivity index (χ3v) is 7.86. The number of Topliss-reactive ketones (excluding diaryl/α,β-unsaturated/α-hetero) is 1. The summed E-state index contributed by atoms with van der Waals surface area (Å²) < 4.78 is 5.71. The number of hydrogen-bond donors (Lipinski definition) is 2. The molecular weight excluding hydrogens is 580 g/mol. The topological polar surface area (TPSA) is 84.5 Å². The number of carbonyl (C=O) groups excluding carboxylic acids is 3. The molecular formula is C38H32N2O4S. The van der Waals surface area contributed by atoms with Crippen LogP contribution in [0, 0.1) is 0 Å². The molecule has 0 fully saturated rings. The number of benzene rings is 5. The molecule has 0 saturated carbocycles. The highest BCUT2D eigenvalue weighted by molar-refractivity contribution is 8.00. The molecule has 45 heavy (non-hydrogen) atoms. The Morgan fingerprint density at radius 2 is 1.31 bits per heavy atom. The minimum Gasteiger partial charge on any atom is -0.493 e. The van der Waals surface area contributed by atoms with E-state index in [-0.39, 0.29) is 17.2 Å². The van der Waals surface area contributed by atoms with Crippen LogP contribution in [-0.2, 0) is 4.79 Å². The highest BCUT2D eigenvalue weighted by Gasteiger charge is 2.16. The summed E-state index contributed by atoms with van der Waals surface area (Å²) in [6.07, 6.45) is 1.60. The largest absolute Gasteiger partial charge is 0.493 e. The SMILES string of the molecule is CCOc1ccccc1/C=C(\NC(=O)c1ccccc1)C(=O)Nc1ccc(SCC(=O)c2ccc(-c3ccccc3)cc2)cc1. The molecule has 0 bridgehead atoms. The summed E-state index contributed by atoms with van der Waals surface area (Å²) in [4.78, 5) is 40.1. The van der Waals surface area contributed by atoms with Gasteiger partial charge in [-0.25, -0.2) is 0 Å². The number of anilines is 1. The maximum absolute atomic E-state index is 13.4. The fraction of sp³-hybridized carbons (Fsp3) is 0.0789. The second-order valence-corrected chi connectivity index (χ2v) is 11.0.